The molecule has 0 aliphatic rings. The molecule has 0 fully saturated rings. The van der Waals surface area contributed by atoms with Crippen LogP contribution in [-0.2, 0) is 0 Å². The van der Waals surface area contributed by atoms with Gasteiger partial charge in [0.05, 0.1) is 6.20 Å². The van der Waals surface area contributed by atoms with E-state index in [1.165, 1.54) is 0 Å². The number of fused-ring (bicyclic) bond motifs is 1. The molecule has 0 atom stereocenters. The second kappa shape index (κ2) is 4.29. The van der Waals surface area contributed by atoms with Gasteiger partial charge in [0.1, 0.15) is 5.52 Å². The fourth-order valence-corrected chi connectivity index (χ4v) is 1.66. The summed E-state index contributed by atoms with van der Waals surface area (Å²) in [6, 6.07) is 2.45. The van der Waals surface area contributed by atoms with Crippen LogP contribution >= 0.6 is 0 Å². The molecule has 0 unspecified atom stereocenters. The second-order valence-corrected chi connectivity index (χ2v) is 3.59. The van der Waals surface area contributed by atoms with Crippen LogP contribution in [0.4, 0.5) is 5.82 Å². The molecule has 0 spiro atoms. The molecule has 0 aromatic carbocycles. The Labute approximate surface area is 89.3 Å². The number of nitrogens with zero attached hydrogens (tertiary/aromatic N) is 3. The van der Waals surface area contributed by atoms with Gasteiger partial charge in [-0.25, -0.2) is 9.50 Å². The van der Waals surface area contributed by atoms with Crippen LogP contribution in [0.25, 0.3) is 5.52 Å². The predicted molar refractivity (Wildman–Crippen MR) is 61.0 cm³/mol. The highest BCUT2D eigenvalue weighted by Crippen LogP contribution is 2.15. The fourth-order valence-electron chi connectivity index (χ4n) is 1.66. The maximum Gasteiger partial charge on any atom is 0.152 e. The molecule has 0 aliphatic carbocycles. The summed E-state index contributed by atoms with van der Waals surface area (Å²) < 4.78 is 1.83. The molecule has 4 nitrogen and oxygen atoms in total. The Morgan fingerprint density at radius 3 is 2.87 bits per heavy atom. The van der Waals surface area contributed by atoms with Crippen LogP contribution in [0.5, 0.6) is 0 Å². The minimum atomic E-state index is 0.485. The van der Waals surface area contributed by atoms with Crippen molar-refractivity contribution in [2.24, 2.45) is 0 Å². The van der Waals surface area contributed by atoms with Crippen LogP contribution in [-0.4, -0.2) is 20.6 Å². The summed E-state index contributed by atoms with van der Waals surface area (Å²) in [4.78, 5) is 4.34. The van der Waals surface area contributed by atoms with Gasteiger partial charge in [0.15, 0.2) is 5.82 Å². The summed E-state index contributed by atoms with van der Waals surface area (Å²) in [5, 5.41) is 7.61. The summed E-state index contributed by atoms with van der Waals surface area (Å²) in [7, 11) is 0. The van der Waals surface area contributed by atoms with Gasteiger partial charge in [-0.1, -0.05) is 13.8 Å². The third-order valence-electron chi connectivity index (χ3n) is 2.65. The number of hydrogen-bond acceptors (Lipinski definition) is 3. The van der Waals surface area contributed by atoms with E-state index in [1.54, 1.807) is 12.4 Å². The van der Waals surface area contributed by atoms with E-state index in [1.807, 2.05) is 16.8 Å². The van der Waals surface area contributed by atoms with E-state index < -0.39 is 0 Å². The zero-order chi connectivity index (χ0) is 10.7. The smallest absolute Gasteiger partial charge is 0.152 e. The Morgan fingerprint density at radius 1 is 1.33 bits per heavy atom. The van der Waals surface area contributed by atoms with E-state index in [4.69, 9.17) is 0 Å². The standard InChI is InChI=1S/C11H16N4/c1-3-9(4-2)14-11-10-5-6-13-15(10)8-7-12-11/h5-9H,3-4H2,1-2H3,(H,12,14). The van der Waals surface area contributed by atoms with E-state index in [2.05, 4.69) is 29.2 Å². The van der Waals surface area contributed by atoms with Gasteiger partial charge in [0.2, 0.25) is 0 Å². The first kappa shape index (κ1) is 9.96. The maximum absolute atomic E-state index is 4.34. The van der Waals surface area contributed by atoms with Crippen LogP contribution in [0.15, 0.2) is 24.7 Å². The Kier molecular flexibility index (Phi) is 2.85. The highest BCUT2D eigenvalue weighted by atomic mass is 15.2. The monoisotopic (exact) mass is 204 g/mol. The van der Waals surface area contributed by atoms with E-state index in [0.29, 0.717) is 6.04 Å². The second-order valence-electron chi connectivity index (χ2n) is 3.59. The molecule has 2 aromatic heterocycles. The van der Waals surface area contributed by atoms with Crippen LogP contribution in [0.1, 0.15) is 26.7 Å². The summed E-state index contributed by atoms with van der Waals surface area (Å²) >= 11 is 0. The Morgan fingerprint density at radius 2 is 2.13 bits per heavy atom. The van der Waals surface area contributed by atoms with E-state index in [-0.39, 0.29) is 0 Å². The van der Waals surface area contributed by atoms with Gasteiger partial charge in [-0.15, -0.1) is 0 Å². The predicted octanol–water partition coefficient (Wildman–Crippen LogP) is 2.33. The molecule has 15 heavy (non-hydrogen) atoms. The summed E-state index contributed by atoms with van der Waals surface area (Å²) in [5.74, 6) is 0.920. The average Bonchev–Trinajstić information content (AvgIpc) is 2.74. The van der Waals surface area contributed by atoms with Crippen LogP contribution in [0, 0.1) is 0 Å². The molecule has 80 valence electrons. The molecule has 2 aromatic rings. The van der Waals surface area contributed by atoms with Crippen molar-refractivity contribution in [3.63, 3.8) is 0 Å². The van der Waals surface area contributed by atoms with Crippen LogP contribution in [0.2, 0.25) is 0 Å². The van der Waals surface area contributed by atoms with Crippen molar-refractivity contribution in [1.29, 1.82) is 0 Å². The largest absolute Gasteiger partial charge is 0.366 e. The van der Waals surface area contributed by atoms with Crippen molar-refractivity contribution in [2.75, 3.05) is 5.32 Å². The lowest BCUT2D eigenvalue weighted by Crippen LogP contribution is -2.18. The first-order valence-electron chi connectivity index (χ1n) is 5.40. The molecule has 0 amide bonds. The Hall–Kier alpha value is -1.58. The lowest BCUT2D eigenvalue weighted by Gasteiger charge is -2.15. The van der Waals surface area contributed by atoms with Gasteiger partial charge in [-0.05, 0) is 18.9 Å². The lowest BCUT2D eigenvalue weighted by atomic mass is 10.2. The highest BCUT2D eigenvalue weighted by molar-refractivity contribution is 5.66. The van der Waals surface area contributed by atoms with Crippen molar-refractivity contribution < 1.29 is 0 Å². The third-order valence-corrected chi connectivity index (χ3v) is 2.65. The number of hydrogen-bond donors (Lipinski definition) is 1. The molecular formula is C11H16N4. The van der Waals surface area contributed by atoms with E-state index in [9.17, 15) is 0 Å². The molecule has 0 saturated carbocycles. The molecule has 2 heterocycles. The van der Waals surface area contributed by atoms with Crippen molar-refractivity contribution >= 4 is 11.3 Å². The van der Waals surface area contributed by atoms with Crippen molar-refractivity contribution in [3.8, 4) is 0 Å². The molecule has 1 N–H and O–H groups in total. The number of anilines is 1. The zero-order valence-electron chi connectivity index (χ0n) is 9.14. The van der Waals surface area contributed by atoms with Gasteiger partial charge in [0.25, 0.3) is 0 Å². The molecule has 0 radical (unpaired) electrons. The number of aromatic nitrogens is 3. The Bertz CT molecular complexity index is 431. The van der Waals surface area contributed by atoms with Crippen molar-refractivity contribution in [1.82, 2.24) is 14.6 Å². The molecular weight excluding hydrogens is 188 g/mol. The molecule has 4 heteroatoms. The summed E-state index contributed by atoms with van der Waals surface area (Å²) in [6.45, 7) is 4.36. The molecule has 0 bridgehead atoms. The SMILES string of the molecule is CCC(CC)Nc1nccn2nccc12. The zero-order valence-corrected chi connectivity index (χ0v) is 9.14. The van der Waals surface area contributed by atoms with Crippen molar-refractivity contribution in [3.05, 3.63) is 24.7 Å². The minimum Gasteiger partial charge on any atom is -0.366 e. The molecule has 0 aliphatic heterocycles. The van der Waals surface area contributed by atoms with Gasteiger partial charge in [-0.2, -0.15) is 5.10 Å². The van der Waals surface area contributed by atoms with Crippen molar-refractivity contribution in [2.45, 2.75) is 32.7 Å². The quantitative estimate of drug-likeness (QED) is 0.831. The van der Waals surface area contributed by atoms with E-state index in [0.717, 1.165) is 24.2 Å². The summed E-state index contributed by atoms with van der Waals surface area (Å²) in [5.41, 5.74) is 1.03. The lowest BCUT2D eigenvalue weighted by molar-refractivity contribution is 0.668. The Balaban J connectivity index is 2.30. The molecule has 2 rings (SSSR count). The third kappa shape index (κ3) is 1.93. The summed E-state index contributed by atoms with van der Waals surface area (Å²) in [6.07, 6.45) is 7.62. The maximum atomic E-state index is 4.34. The molecule has 0 saturated heterocycles. The average molecular weight is 204 g/mol. The van der Waals surface area contributed by atoms with Crippen LogP contribution < -0.4 is 5.32 Å². The van der Waals surface area contributed by atoms with Crippen LogP contribution in [0.3, 0.4) is 0 Å². The van der Waals surface area contributed by atoms with E-state index >= 15 is 0 Å². The highest BCUT2D eigenvalue weighted by Gasteiger charge is 2.07. The van der Waals surface area contributed by atoms with Gasteiger partial charge < -0.3 is 5.32 Å². The first-order chi connectivity index (χ1) is 7.35. The fraction of sp³-hybridized carbons (Fsp3) is 0.455. The first-order valence-corrected chi connectivity index (χ1v) is 5.40. The van der Waals surface area contributed by atoms with Gasteiger partial charge >= 0.3 is 0 Å². The minimum absolute atomic E-state index is 0.485. The van der Waals surface area contributed by atoms with Gasteiger partial charge in [0, 0.05) is 18.4 Å². The van der Waals surface area contributed by atoms with Gasteiger partial charge in [-0.3, -0.25) is 0 Å². The number of rotatable bonds is 4. The normalized spacial score (nSPS) is 11.1. The topological polar surface area (TPSA) is 42.2 Å². The number of nitrogens with one attached hydrogen (secondary N) is 1.